The molecular weight excluding hydrogens is 348 g/mol. The van der Waals surface area contributed by atoms with Gasteiger partial charge in [-0.05, 0) is 41.4 Å². The second kappa shape index (κ2) is 5.85. The number of pyridine rings is 1. The van der Waals surface area contributed by atoms with Crippen LogP contribution in [0.3, 0.4) is 0 Å². The SMILES string of the molecule is Cc1cc(O[C@H]2CNC(C(=O)O)C2)c2ccc(C)c(Br)c2n1. The van der Waals surface area contributed by atoms with E-state index >= 15 is 0 Å². The van der Waals surface area contributed by atoms with Crippen LogP contribution < -0.4 is 10.1 Å². The Balaban J connectivity index is 1.94. The zero-order valence-electron chi connectivity index (χ0n) is 12.4. The molecule has 1 aromatic carbocycles. The molecule has 22 heavy (non-hydrogen) atoms. The van der Waals surface area contributed by atoms with E-state index in [1.165, 1.54) is 0 Å². The van der Waals surface area contributed by atoms with Gasteiger partial charge in [-0.3, -0.25) is 9.78 Å². The van der Waals surface area contributed by atoms with Crippen molar-refractivity contribution in [3.8, 4) is 5.75 Å². The zero-order chi connectivity index (χ0) is 15.9. The quantitative estimate of drug-likeness (QED) is 0.875. The summed E-state index contributed by atoms with van der Waals surface area (Å²) in [5.74, 6) is -0.0822. The fourth-order valence-electron chi connectivity index (χ4n) is 2.71. The minimum Gasteiger partial charge on any atom is -0.488 e. The van der Waals surface area contributed by atoms with E-state index in [0.29, 0.717) is 13.0 Å². The van der Waals surface area contributed by atoms with E-state index in [4.69, 9.17) is 9.84 Å². The first-order chi connectivity index (χ1) is 10.5. The summed E-state index contributed by atoms with van der Waals surface area (Å²) in [5.41, 5.74) is 2.86. The van der Waals surface area contributed by atoms with Gasteiger partial charge in [-0.15, -0.1) is 0 Å². The number of aryl methyl sites for hydroxylation is 2. The second-order valence-electron chi connectivity index (χ2n) is 5.63. The van der Waals surface area contributed by atoms with Gasteiger partial charge in [-0.25, -0.2) is 0 Å². The Labute approximate surface area is 136 Å². The number of hydrogen-bond donors (Lipinski definition) is 2. The third-order valence-corrected chi connectivity index (χ3v) is 4.89. The van der Waals surface area contributed by atoms with Gasteiger partial charge in [0.2, 0.25) is 0 Å². The van der Waals surface area contributed by atoms with Crippen molar-refractivity contribution in [2.24, 2.45) is 0 Å². The summed E-state index contributed by atoms with van der Waals surface area (Å²) in [4.78, 5) is 15.6. The molecule has 0 amide bonds. The van der Waals surface area contributed by atoms with Gasteiger partial charge in [0.15, 0.2) is 0 Å². The molecule has 1 aliphatic heterocycles. The third kappa shape index (κ3) is 2.80. The summed E-state index contributed by atoms with van der Waals surface area (Å²) < 4.78 is 7.02. The van der Waals surface area contributed by atoms with Crippen LogP contribution in [0.5, 0.6) is 5.75 Å². The fourth-order valence-corrected chi connectivity index (χ4v) is 3.14. The van der Waals surface area contributed by atoms with E-state index in [2.05, 4.69) is 26.2 Å². The monoisotopic (exact) mass is 364 g/mol. The number of aromatic nitrogens is 1. The number of fused-ring (bicyclic) bond motifs is 1. The number of ether oxygens (including phenoxy) is 1. The van der Waals surface area contributed by atoms with Crippen LogP contribution in [0.4, 0.5) is 0 Å². The van der Waals surface area contributed by atoms with Gasteiger partial charge in [0.05, 0.1) is 5.52 Å². The minimum absolute atomic E-state index is 0.147. The molecule has 0 bridgehead atoms. The Hall–Kier alpha value is -1.66. The number of aliphatic carboxylic acids is 1. The Morgan fingerprint density at radius 3 is 2.91 bits per heavy atom. The lowest BCUT2D eigenvalue weighted by Gasteiger charge is -2.16. The highest BCUT2D eigenvalue weighted by Crippen LogP contribution is 2.33. The standard InChI is InChI=1S/C16H17BrN2O3/c1-8-3-4-11-13(5-9(2)19-15(11)14(8)17)22-10-6-12(16(20)21)18-7-10/h3-5,10,12,18H,6-7H2,1-2H3,(H,20,21)/t10-,12?/m1/s1. The molecule has 1 unspecified atom stereocenters. The van der Waals surface area contributed by atoms with Crippen molar-refractivity contribution in [1.82, 2.24) is 10.3 Å². The molecule has 2 aromatic rings. The number of rotatable bonds is 3. The van der Waals surface area contributed by atoms with Crippen molar-refractivity contribution >= 4 is 32.8 Å². The topological polar surface area (TPSA) is 71.5 Å². The highest BCUT2D eigenvalue weighted by atomic mass is 79.9. The third-order valence-electron chi connectivity index (χ3n) is 3.89. The van der Waals surface area contributed by atoms with Crippen LogP contribution in [0.1, 0.15) is 17.7 Å². The van der Waals surface area contributed by atoms with Crippen LogP contribution in [-0.2, 0) is 4.79 Å². The van der Waals surface area contributed by atoms with E-state index < -0.39 is 12.0 Å². The average molecular weight is 365 g/mol. The highest BCUT2D eigenvalue weighted by Gasteiger charge is 2.30. The van der Waals surface area contributed by atoms with Crippen molar-refractivity contribution < 1.29 is 14.6 Å². The molecule has 1 fully saturated rings. The normalized spacial score (nSPS) is 21.2. The van der Waals surface area contributed by atoms with E-state index in [1.54, 1.807) is 0 Å². The van der Waals surface area contributed by atoms with Gasteiger partial charge in [-0.1, -0.05) is 6.07 Å². The smallest absolute Gasteiger partial charge is 0.320 e. The number of carbonyl (C=O) groups is 1. The van der Waals surface area contributed by atoms with E-state index in [0.717, 1.165) is 32.4 Å². The van der Waals surface area contributed by atoms with E-state index in [9.17, 15) is 4.79 Å². The summed E-state index contributed by atoms with van der Waals surface area (Å²) >= 11 is 3.58. The number of benzene rings is 1. The Morgan fingerprint density at radius 1 is 1.45 bits per heavy atom. The number of carboxylic acids is 1. The van der Waals surface area contributed by atoms with Crippen LogP contribution in [-0.4, -0.2) is 34.8 Å². The van der Waals surface area contributed by atoms with Crippen LogP contribution in [0, 0.1) is 13.8 Å². The lowest BCUT2D eigenvalue weighted by Crippen LogP contribution is -2.30. The van der Waals surface area contributed by atoms with Gasteiger partial charge in [0, 0.05) is 34.6 Å². The Morgan fingerprint density at radius 2 is 2.23 bits per heavy atom. The molecule has 5 nitrogen and oxygen atoms in total. The maximum Gasteiger partial charge on any atom is 0.320 e. The molecule has 1 aromatic heterocycles. The summed E-state index contributed by atoms with van der Waals surface area (Å²) in [7, 11) is 0. The molecule has 6 heteroatoms. The molecule has 0 spiro atoms. The maximum atomic E-state index is 11.0. The molecule has 0 radical (unpaired) electrons. The predicted molar refractivity (Wildman–Crippen MR) is 87.4 cm³/mol. The molecule has 1 saturated heterocycles. The van der Waals surface area contributed by atoms with Gasteiger partial charge < -0.3 is 15.2 Å². The molecule has 116 valence electrons. The van der Waals surface area contributed by atoms with Gasteiger partial charge >= 0.3 is 5.97 Å². The first-order valence-corrected chi connectivity index (χ1v) is 7.94. The van der Waals surface area contributed by atoms with E-state index in [-0.39, 0.29) is 6.10 Å². The first kappa shape index (κ1) is 15.2. The van der Waals surface area contributed by atoms with Crippen molar-refractivity contribution in [1.29, 1.82) is 0 Å². The lowest BCUT2D eigenvalue weighted by atomic mass is 10.1. The Bertz CT molecular complexity index is 748. The molecule has 1 aliphatic rings. The molecule has 2 N–H and O–H groups in total. The maximum absolute atomic E-state index is 11.0. The molecule has 2 heterocycles. The Kier molecular flexibility index (Phi) is 4.06. The fraction of sp³-hybridized carbons (Fsp3) is 0.375. The van der Waals surface area contributed by atoms with Gasteiger partial charge in [0.1, 0.15) is 17.9 Å². The number of carboxylic acid groups (broad SMARTS) is 1. The van der Waals surface area contributed by atoms with Crippen LogP contribution >= 0.6 is 15.9 Å². The van der Waals surface area contributed by atoms with Crippen molar-refractivity contribution in [3.05, 3.63) is 33.9 Å². The second-order valence-corrected chi connectivity index (χ2v) is 6.42. The number of hydrogen-bond acceptors (Lipinski definition) is 4. The number of nitrogens with one attached hydrogen (secondary N) is 1. The van der Waals surface area contributed by atoms with Gasteiger partial charge in [-0.2, -0.15) is 0 Å². The molecule has 2 atom stereocenters. The molecule has 0 saturated carbocycles. The molecule has 0 aliphatic carbocycles. The highest BCUT2D eigenvalue weighted by molar-refractivity contribution is 9.10. The summed E-state index contributed by atoms with van der Waals surface area (Å²) in [6, 6.07) is 5.38. The lowest BCUT2D eigenvalue weighted by molar-refractivity contribution is -0.139. The molecule has 3 rings (SSSR count). The van der Waals surface area contributed by atoms with Gasteiger partial charge in [0.25, 0.3) is 0 Å². The van der Waals surface area contributed by atoms with Crippen molar-refractivity contribution in [2.75, 3.05) is 6.54 Å². The minimum atomic E-state index is -0.833. The summed E-state index contributed by atoms with van der Waals surface area (Å²) in [6.07, 6.45) is 0.316. The summed E-state index contributed by atoms with van der Waals surface area (Å²) in [6.45, 7) is 4.48. The van der Waals surface area contributed by atoms with Crippen molar-refractivity contribution in [2.45, 2.75) is 32.4 Å². The van der Waals surface area contributed by atoms with E-state index in [1.807, 2.05) is 32.0 Å². The number of nitrogens with zero attached hydrogens (tertiary/aromatic N) is 1. The van der Waals surface area contributed by atoms with Crippen LogP contribution in [0.25, 0.3) is 10.9 Å². The summed E-state index contributed by atoms with van der Waals surface area (Å²) in [5, 5.41) is 12.9. The first-order valence-electron chi connectivity index (χ1n) is 7.15. The predicted octanol–water partition coefficient (Wildman–Crippen LogP) is 2.81. The number of halogens is 1. The molecular formula is C16H17BrN2O3. The van der Waals surface area contributed by atoms with Crippen molar-refractivity contribution in [3.63, 3.8) is 0 Å². The zero-order valence-corrected chi connectivity index (χ0v) is 14.0. The largest absolute Gasteiger partial charge is 0.488 e. The van der Waals surface area contributed by atoms with Crippen LogP contribution in [0.2, 0.25) is 0 Å². The average Bonchev–Trinajstić information content (AvgIpc) is 2.92. The van der Waals surface area contributed by atoms with Crippen LogP contribution in [0.15, 0.2) is 22.7 Å².